The fourth-order valence-corrected chi connectivity index (χ4v) is 6.40. The molecule has 37 heavy (non-hydrogen) atoms. The highest BCUT2D eigenvalue weighted by atomic mass is 32.1. The summed E-state index contributed by atoms with van der Waals surface area (Å²) in [6.07, 6.45) is 4.02. The van der Waals surface area contributed by atoms with Crippen molar-refractivity contribution in [1.82, 2.24) is 14.9 Å². The average molecular weight is 525 g/mol. The number of hydrogen-bond acceptors (Lipinski definition) is 5. The van der Waals surface area contributed by atoms with Gasteiger partial charge >= 0.3 is 6.03 Å². The number of urea groups is 1. The number of benzene rings is 2. The van der Waals surface area contributed by atoms with Crippen LogP contribution in [0.5, 0.6) is 5.75 Å². The SMILES string of the molecule is COc1ccc(CCn2cnc3cc(N(S)C(=O)NC4CC5CC(C4C)C5(C)C)ccc3c2=O)c(F)c1. The maximum Gasteiger partial charge on any atom is 0.332 e. The summed E-state index contributed by atoms with van der Waals surface area (Å²) in [6, 6.07) is 9.55. The molecule has 3 aliphatic carbocycles. The van der Waals surface area contributed by atoms with E-state index < -0.39 is 0 Å². The molecule has 3 saturated carbocycles. The van der Waals surface area contributed by atoms with Crippen molar-refractivity contribution < 1.29 is 13.9 Å². The highest BCUT2D eigenvalue weighted by Gasteiger charge is 2.56. The molecular weight excluding hydrogens is 491 g/mol. The van der Waals surface area contributed by atoms with E-state index in [-0.39, 0.29) is 30.0 Å². The van der Waals surface area contributed by atoms with Crippen LogP contribution in [0.3, 0.4) is 0 Å². The van der Waals surface area contributed by atoms with Crippen LogP contribution in [0.1, 0.15) is 39.2 Å². The minimum Gasteiger partial charge on any atom is -0.497 e. The number of carbonyl (C=O) groups excluding carboxylic acids is 1. The average Bonchev–Trinajstić information content (AvgIpc) is 2.88. The smallest absolute Gasteiger partial charge is 0.332 e. The van der Waals surface area contributed by atoms with Crippen molar-refractivity contribution in [3.05, 3.63) is 64.5 Å². The number of methoxy groups -OCH3 is 1. The van der Waals surface area contributed by atoms with Crippen LogP contribution in [0, 0.1) is 29.0 Å². The summed E-state index contributed by atoms with van der Waals surface area (Å²) >= 11 is 4.45. The van der Waals surface area contributed by atoms with E-state index in [4.69, 9.17) is 4.74 Å². The van der Waals surface area contributed by atoms with Crippen molar-refractivity contribution >= 4 is 35.4 Å². The number of nitrogens with zero attached hydrogens (tertiary/aromatic N) is 3. The Morgan fingerprint density at radius 3 is 2.73 bits per heavy atom. The summed E-state index contributed by atoms with van der Waals surface area (Å²) in [6.45, 7) is 7.17. The van der Waals surface area contributed by atoms with Gasteiger partial charge in [0.25, 0.3) is 5.56 Å². The van der Waals surface area contributed by atoms with Crippen LogP contribution in [0.2, 0.25) is 0 Å². The number of thiol groups is 1. The molecule has 6 rings (SSSR count). The van der Waals surface area contributed by atoms with E-state index in [1.54, 1.807) is 30.3 Å². The topological polar surface area (TPSA) is 76.5 Å². The number of aromatic nitrogens is 2. The molecule has 0 spiro atoms. The number of fused-ring (bicyclic) bond motifs is 3. The quantitative estimate of drug-likeness (QED) is 0.434. The fourth-order valence-electron chi connectivity index (χ4n) is 6.21. The Labute approximate surface area is 221 Å². The second kappa shape index (κ2) is 9.67. The first-order chi connectivity index (χ1) is 17.6. The van der Waals surface area contributed by atoms with Crippen molar-refractivity contribution in [2.45, 2.75) is 52.6 Å². The molecule has 4 atom stereocenters. The zero-order valence-corrected chi connectivity index (χ0v) is 22.5. The van der Waals surface area contributed by atoms with Gasteiger partial charge in [0.2, 0.25) is 0 Å². The molecule has 4 unspecified atom stereocenters. The summed E-state index contributed by atoms with van der Waals surface area (Å²) in [4.78, 5) is 30.5. The predicted octanol–water partition coefficient (Wildman–Crippen LogP) is 5.22. The zero-order chi connectivity index (χ0) is 26.5. The van der Waals surface area contributed by atoms with Gasteiger partial charge < -0.3 is 10.1 Å². The Kier molecular flexibility index (Phi) is 6.68. The van der Waals surface area contributed by atoms with E-state index >= 15 is 0 Å². The van der Waals surface area contributed by atoms with Crippen molar-refractivity contribution in [1.29, 1.82) is 0 Å². The molecule has 2 aromatic carbocycles. The molecular formula is C28H33FN4O3S. The van der Waals surface area contributed by atoms with Gasteiger partial charge in [-0.2, -0.15) is 0 Å². The molecule has 7 nitrogen and oxygen atoms in total. The second-order valence-corrected chi connectivity index (χ2v) is 11.4. The standard InChI is InChI=1S/C28H33FN4O3S/c1-16-22-11-18(28(22,2)3)12-24(16)31-27(35)33(37)19-6-8-21-25(13-19)30-15-32(26(21)34)10-9-17-5-7-20(36-4)14-23(17)29/h5-8,13-16,18,22,24,37H,9-12H2,1-4H3,(H,31,35). The number of aryl methyl sites for hydroxylation is 2. The normalized spacial score (nSPS) is 23.8. The van der Waals surface area contributed by atoms with Gasteiger partial charge in [-0.05, 0) is 72.3 Å². The van der Waals surface area contributed by atoms with Crippen LogP contribution in [0.25, 0.3) is 10.9 Å². The molecule has 3 aromatic rings. The van der Waals surface area contributed by atoms with Gasteiger partial charge in [0.1, 0.15) is 11.6 Å². The van der Waals surface area contributed by atoms with Crippen molar-refractivity contribution in [3.8, 4) is 5.75 Å². The number of amides is 2. The predicted molar refractivity (Wildman–Crippen MR) is 146 cm³/mol. The second-order valence-electron chi connectivity index (χ2n) is 11.0. The van der Waals surface area contributed by atoms with E-state index in [2.05, 4.69) is 43.9 Å². The minimum absolute atomic E-state index is 0.125. The Hall–Kier alpha value is -3.07. The zero-order valence-electron chi connectivity index (χ0n) is 21.6. The van der Waals surface area contributed by atoms with Crippen molar-refractivity contribution in [3.63, 3.8) is 0 Å². The number of halogens is 1. The number of ether oxygens (including phenoxy) is 1. The molecule has 0 saturated heterocycles. The van der Waals surface area contributed by atoms with Crippen LogP contribution in [0.15, 0.2) is 47.5 Å². The minimum atomic E-state index is -0.374. The van der Waals surface area contributed by atoms with Gasteiger partial charge in [-0.1, -0.05) is 39.7 Å². The van der Waals surface area contributed by atoms with Crippen molar-refractivity contribution in [2.24, 2.45) is 23.2 Å². The lowest BCUT2D eigenvalue weighted by molar-refractivity contribution is -0.112. The van der Waals surface area contributed by atoms with Crippen LogP contribution >= 0.6 is 12.8 Å². The van der Waals surface area contributed by atoms with Gasteiger partial charge in [-0.3, -0.25) is 9.36 Å². The Bertz CT molecular complexity index is 1410. The van der Waals surface area contributed by atoms with E-state index in [0.29, 0.717) is 57.5 Å². The molecule has 1 N–H and O–H groups in total. The molecule has 3 fully saturated rings. The maximum absolute atomic E-state index is 14.3. The number of nitrogens with one attached hydrogen (secondary N) is 1. The third-order valence-corrected chi connectivity index (χ3v) is 9.20. The van der Waals surface area contributed by atoms with E-state index in [1.165, 1.54) is 34.8 Å². The molecule has 196 valence electrons. The molecule has 1 aromatic heterocycles. The van der Waals surface area contributed by atoms with Crippen molar-refractivity contribution in [2.75, 3.05) is 11.4 Å². The van der Waals surface area contributed by atoms with Crippen LogP contribution in [-0.4, -0.2) is 28.7 Å². The summed E-state index contributed by atoms with van der Waals surface area (Å²) in [5.41, 5.74) is 1.62. The molecule has 9 heteroatoms. The first-order valence-corrected chi connectivity index (χ1v) is 13.1. The third kappa shape index (κ3) is 4.58. The lowest BCUT2D eigenvalue weighted by atomic mass is 9.45. The van der Waals surface area contributed by atoms with Crippen LogP contribution in [-0.2, 0) is 13.0 Å². The molecule has 2 amide bonds. The molecule has 1 heterocycles. The van der Waals surface area contributed by atoms with E-state index in [9.17, 15) is 14.0 Å². The largest absolute Gasteiger partial charge is 0.497 e. The van der Waals surface area contributed by atoms with E-state index in [1.807, 2.05) is 0 Å². The Morgan fingerprint density at radius 1 is 1.27 bits per heavy atom. The number of carbonyl (C=O) groups is 1. The maximum atomic E-state index is 14.3. The molecule has 0 aliphatic heterocycles. The lowest BCUT2D eigenvalue weighted by Crippen LogP contribution is -2.61. The first kappa shape index (κ1) is 25.6. The summed E-state index contributed by atoms with van der Waals surface area (Å²) in [7, 11) is 1.49. The number of anilines is 1. The highest BCUT2D eigenvalue weighted by molar-refractivity contribution is 7.82. The molecule has 0 radical (unpaired) electrons. The van der Waals surface area contributed by atoms with Crippen LogP contribution in [0.4, 0.5) is 14.9 Å². The summed E-state index contributed by atoms with van der Waals surface area (Å²) in [5.74, 6) is 1.75. The molecule has 3 aliphatic rings. The van der Waals surface area contributed by atoms with Gasteiger partial charge in [-0.15, -0.1) is 0 Å². The summed E-state index contributed by atoms with van der Waals surface area (Å²) < 4.78 is 22.1. The van der Waals surface area contributed by atoms with E-state index in [0.717, 1.165) is 6.42 Å². The van der Waals surface area contributed by atoms with Gasteiger partial charge in [-0.25, -0.2) is 18.5 Å². The number of rotatable bonds is 6. The van der Waals surface area contributed by atoms with Gasteiger partial charge in [0, 0.05) is 18.7 Å². The Morgan fingerprint density at radius 2 is 2.05 bits per heavy atom. The molecule has 2 bridgehead atoms. The van der Waals surface area contributed by atoms with Gasteiger partial charge in [0.05, 0.1) is 30.0 Å². The first-order valence-electron chi connectivity index (χ1n) is 12.7. The van der Waals surface area contributed by atoms with Crippen LogP contribution < -0.4 is 19.9 Å². The monoisotopic (exact) mass is 524 g/mol. The number of hydrogen-bond donors (Lipinski definition) is 2. The highest BCUT2D eigenvalue weighted by Crippen LogP contribution is 2.61. The van der Waals surface area contributed by atoms with Gasteiger partial charge in [0.15, 0.2) is 0 Å². The lowest BCUT2D eigenvalue weighted by Gasteiger charge is -2.62. The Balaban J connectivity index is 1.27. The summed E-state index contributed by atoms with van der Waals surface area (Å²) in [5, 5.41) is 3.59. The third-order valence-electron chi connectivity index (χ3n) is 8.79. The fraction of sp³-hybridized carbons (Fsp3) is 0.464.